The fourth-order valence-electron chi connectivity index (χ4n) is 0.987. The van der Waals surface area contributed by atoms with Crippen molar-refractivity contribution in [2.45, 2.75) is 5.16 Å². The highest BCUT2D eigenvalue weighted by molar-refractivity contribution is 7.99. The molecule has 0 saturated carbocycles. The number of carbonyl (C=O) groups excluding carboxylic acids is 1. The molecule has 0 saturated heterocycles. The summed E-state index contributed by atoms with van der Waals surface area (Å²) in [6, 6.07) is 0. The summed E-state index contributed by atoms with van der Waals surface area (Å²) in [5.74, 6) is 10.9. The number of thioether (sulfide) groups is 1. The van der Waals surface area contributed by atoms with Gasteiger partial charge in [0.15, 0.2) is 0 Å². The maximum absolute atomic E-state index is 11.5. The van der Waals surface area contributed by atoms with Gasteiger partial charge in [-0.1, -0.05) is 23.1 Å². The number of hydrogen-bond acceptors (Lipinski definition) is 10. The molecule has 96 valence electrons. The number of amides is 1. The van der Waals surface area contributed by atoms with E-state index >= 15 is 0 Å². The zero-order chi connectivity index (χ0) is 13.0. The molecule has 0 atom stereocenters. The molecule has 2 rings (SSSR count). The van der Waals surface area contributed by atoms with Gasteiger partial charge in [0.05, 0.1) is 5.75 Å². The molecule has 0 aliphatic rings. The number of hydrazine groups is 1. The minimum Gasteiger partial charge on any atom is -0.334 e. The lowest BCUT2D eigenvalue weighted by Crippen LogP contribution is -2.19. The van der Waals surface area contributed by atoms with Crippen LogP contribution < -0.4 is 22.4 Å². The van der Waals surface area contributed by atoms with Crippen LogP contribution in [-0.2, 0) is 4.79 Å². The van der Waals surface area contributed by atoms with E-state index in [0.29, 0.717) is 10.3 Å². The summed E-state index contributed by atoms with van der Waals surface area (Å²) in [5, 5.41) is 18.1. The summed E-state index contributed by atoms with van der Waals surface area (Å²) >= 11 is 2.36. The molecule has 0 aromatic carbocycles. The molecule has 0 fully saturated rings. The molecular weight excluding hydrogens is 278 g/mol. The lowest BCUT2D eigenvalue weighted by atomic mass is 10.7. The van der Waals surface area contributed by atoms with Crippen LogP contribution in [-0.4, -0.2) is 36.7 Å². The van der Waals surface area contributed by atoms with Crippen LogP contribution in [0.25, 0.3) is 0 Å². The van der Waals surface area contributed by atoms with Crippen molar-refractivity contribution in [2.24, 2.45) is 5.84 Å². The lowest BCUT2D eigenvalue weighted by molar-refractivity contribution is -0.113. The number of nitrogens with two attached hydrogens (primary N) is 2. The van der Waals surface area contributed by atoms with Crippen molar-refractivity contribution in [1.29, 1.82) is 0 Å². The van der Waals surface area contributed by atoms with Crippen molar-refractivity contribution in [2.75, 3.05) is 22.3 Å². The average Bonchev–Trinajstić information content (AvgIpc) is 2.97. The standard InChI is InChI=1S/C6H9N9OS2/c7-11-4-12-14-6(15(4)8)17-1-3(16)10-5-13-9-2-18-5/h2H,1,7-8H2,(H,11,12)(H,10,13,16). The summed E-state index contributed by atoms with van der Waals surface area (Å²) in [6.45, 7) is 0. The first kappa shape index (κ1) is 12.5. The van der Waals surface area contributed by atoms with E-state index in [4.69, 9.17) is 11.7 Å². The van der Waals surface area contributed by atoms with E-state index in [1.54, 1.807) is 0 Å². The van der Waals surface area contributed by atoms with Gasteiger partial charge in [0, 0.05) is 0 Å². The summed E-state index contributed by atoms with van der Waals surface area (Å²) < 4.78 is 1.16. The van der Waals surface area contributed by atoms with Crippen molar-refractivity contribution in [3.05, 3.63) is 5.51 Å². The summed E-state index contributed by atoms with van der Waals surface area (Å²) in [7, 11) is 0. The van der Waals surface area contributed by atoms with Crippen LogP contribution in [0, 0.1) is 0 Å². The summed E-state index contributed by atoms with van der Waals surface area (Å²) in [6.07, 6.45) is 0. The smallest absolute Gasteiger partial charge is 0.258 e. The first-order chi connectivity index (χ1) is 8.70. The highest BCUT2D eigenvalue weighted by atomic mass is 32.2. The SMILES string of the molecule is NNc1nnc(SCC(=O)Nc2nncs2)n1N. The molecule has 0 spiro atoms. The number of nitrogens with zero attached hydrogens (tertiary/aromatic N) is 5. The largest absolute Gasteiger partial charge is 0.334 e. The van der Waals surface area contributed by atoms with Crippen molar-refractivity contribution in [3.63, 3.8) is 0 Å². The van der Waals surface area contributed by atoms with Crippen molar-refractivity contribution < 1.29 is 4.79 Å². The van der Waals surface area contributed by atoms with E-state index < -0.39 is 0 Å². The zero-order valence-corrected chi connectivity index (χ0v) is 10.5. The van der Waals surface area contributed by atoms with E-state index in [0.717, 1.165) is 16.4 Å². The number of nitrogen functional groups attached to an aromatic ring is 2. The van der Waals surface area contributed by atoms with Crippen molar-refractivity contribution >= 4 is 40.1 Å². The van der Waals surface area contributed by atoms with E-state index in [9.17, 15) is 4.79 Å². The first-order valence-electron chi connectivity index (χ1n) is 4.56. The number of aromatic nitrogens is 5. The van der Waals surface area contributed by atoms with E-state index in [1.165, 1.54) is 16.8 Å². The predicted molar refractivity (Wildman–Crippen MR) is 67.2 cm³/mol. The second-order valence-electron chi connectivity index (χ2n) is 2.90. The fraction of sp³-hybridized carbons (Fsp3) is 0.167. The second-order valence-corrected chi connectivity index (χ2v) is 4.68. The number of hydrogen-bond donors (Lipinski definition) is 4. The third kappa shape index (κ3) is 2.85. The van der Waals surface area contributed by atoms with Crippen LogP contribution in [0.5, 0.6) is 0 Å². The first-order valence-corrected chi connectivity index (χ1v) is 6.43. The topological polar surface area (TPSA) is 150 Å². The van der Waals surface area contributed by atoms with Gasteiger partial charge in [0.25, 0.3) is 5.95 Å². The van der Waals surface area contributed by atoms with Gasteiger partial charge in [0.2, 0.25) is 16.2 Å². The highest BCUT2D eigenvalue weighted by Gasteiger charge is 2.12. The van der Waals surface area contributed by atoms with Crippen LogP contribution in [0.4, 0.5) is 11.1 Å². The van der Waals surface area contributed by atoms with Gasteiger partial charge in [-0.05, 0) is 0 Å². The Morgan fingerprint density at radius 3 is 2.94 bits per heavy atom. The van der Waals surface area contributed by atoms with Gasteiger partial charge >= 0.3 is 0 Å². The molecule has 2 aromatic heterocycles. The Kier molecular flexibility index (Phi) is 3.91. The van der Waals surface area contributed by atoms with Crippen molar-refractivity contribution in [3.8, 4) is 0 Å². The molecule has 0 aliphatic heterocycles. The second kappa shape index (κ2) is 5.61. The van der Waals surface area contributed by atoms with Crippen LogP contribution in [0.15, 0.2) is 10.7 Å². The molecule has 6 N–H and O–H groups in total. The predicted octanol–water partition coefficient (Wildman–Crippen LogP) is -1.14. The van der Waals surface area contributed by atoms with Gasteiger partial charge in [-0.2, -0.15) is 0 Å². The number of nitrogens with one attached hydrogen (secondary N) is 2. The Labute approximate surface area is 109 Å². The maximum atomic E-state index is 11.5. The lowest BCUT2D eigenvalue weighted by Gasteiger charge is -2.02. The molecule has 12 heteroatoms. The van der Waals surface area contributed by atoms with Crippen LogP contribution >= 0.6 is 23.1 Å². The van der Waals surface area contributed by atoms with Gasteiger partial charge in [0.1, 0.15) is 5.51 Å². The fourth-order valence-corrected chi connectivity index (χ4v) is 2.10. The number of rotatable bonds is 5. The number of anilines is 2. The van der Waals surface area contributed by atoms with E-state index in [2.05, 4.69) is 31.1 Å². The summed E-state index contributed by atoms with van der Waals surface area (Å²) in [4.78, 5) is 11.5. The Balaban J connectivity index is 1.87. The Bertz CT molecular complexity index is 523. The molecule has 0 aliphatic carbocycles. The monoisotopic (exact) mass is 287 g/mol. The van der Waals surface area contributed by atoms with Gasteiger partial charge in [-0.25, -0.2) is 10.5 Å². The summed E-state index contributed by atoms with van der Waals surface area (Å²) in [5.41, 5.74) is 3.80. The Morgan fingerprint density at radius 1 is 1.50 bits per heavy atom. The van der Waals surface area contributed by atoms with Crippen LogP contribution in [0.1, 0.15) is 0 Å². The molecule has 2 heterocycles. The molecule has 18 heavy (non-hydrogen) atoms. The van der Waals surface area contributed by atoms with E-state index in [1.807, 2.05) is 0 Å². The van der Waals surface area contributed by atoms with Gasteiger partial charge in [-0.3, -0.25) is 15.5 Å². The molecule has 1 amide bonds. The quantitative estimate of drug-likeness (QED) is 0.304. The maximum Gasteiger partial charge on any atom is 0.258 e. The molecule has 2 aromatic rings. The van der Waals surface area contributed by atoms with Crippen LogP contribution in [0.3, 0.4) is 0 Å². The minimum atomic E-state index is -0.234. The number of carbonyl (C=O) groups is 1. The molecule has 0 unspecified atom stereocenters. The molecular formula is C6H9N9OS2. The Hall–Kier alpha value is -1.92. The molecule has 0 bridgehead atoms. The third-order valence-corrected chi connectivity index (χ3v) is 3.28. The zero-order valence-electron chi connectivity index (χ0n) is 8.90. The molecule has 10 nitrogen and oxygen atoms in total. The minimum absolute atomic E-state index is 0.124. The third-order valence-electron chi connectivity index (χ3n) is 1.73. The Morgan fingerprint density at radius 2 is 2.33 bits per heavy atom. The molecule has 0 radical (unpaired) electrons. The average molecular weight is 287 g/mol. The van der Waals surface area contributed by atoms with Crippen molar-refractivity contribution in [1.82, 2.24) is 25.1 Å². The van der Waals surface area contributed by atoms with E-state index in [-0.39, 0.29) is 17.6 Å². The highest BCUT2D eigenvalue weighted by Crippen LogP contribution is 2.16. The normalized spacial score (nSPS) is 10.3. The van der Waals surface area contributed by atoms with Crippen LogP contribution in [0.2, 0.25) is 0 Å². The van der Waals surface area contributed by atoms with Gasteiger partial charge < -0.3 is 5.84 Å². The van der Waals surface area contributed by atoms with Gasteiger partial charge in [-0.15, -0.1) is 20.4 Å².